The van der Waals surface area contributed by atoms with Gasteiger partial charge in [0.2, 0.25) is 5.88 Å². The van der Waals surface area contributed by atoms with E-state index in [0.717, 1.165) is 42.0 Å². The summed E-state index contributed by atoms with van der Waals surface area (Å²) in [5.74, 6) is -0.318. The number of likely N-dealkylation sites (tertiary alicyclic amines) is 1. The van der Waals surface area contributed by atoms with Gasteiger partial charge in [-0.05, 0) is 81.2 Å². The summed E-state index contributed by atoms with van der Waals surface area (Å²) in [6.07, 6.45) is 13.1. The molecular weight excluding hydrogens is 507 g/mol. The zero-order valence-electron chi connectivity index (χ0n) is 22.7. The lowest BCUT2D eigenvalue weighted by Gasteiger charge is -2.29. The molecule has 1 aliphatic carbocycles. The van der Waals surface area contributed by atoms with Gasteiger partial charge < -0.3 is 15.5 Å². The van der Waals surface area contributed by atoms with Crippen LogP contribution in [0, 0.1) is 0 Å². The first-order valence-corrected chi connectivity index (χ1v) is 13.7. The number of hydrogen-bond donors (Lipinski definition) is 3. The van der Waals surface area contributed by atoms with Crippen LogP contribution in [0.15, 0.2) is 79.0 Å². The normalized spacial score (nSPS) is 23.8. The van der Waals surface area contributed by atoms with Crippen molar-refractivity contribution in [3.63, 3.8) is 0 Å². The summed E-state index contributed by atoms with van der Waals surface area (Å²) in [5.41, 5.74) is 9.55. The molecule has 2 aromatic heterocycles. The number of carbonyl (C=O) groups excluding carboxylic acids is 1. The van der Waals surface area contributed by atoms with Crippen LogP contribution in [0.3, 0.4) is 0 Å². The number of ether oxygens (including phenoxy) is 1. The third-order valence-electron chi connectivity index (χ3n) is 7.91. The number of nitrogens with one attached hydrogen (secondary N) is 3. The summed E-state index contributed by atoms with van der Waals surface area (Å²) < 4.78 is 20.2. The van der Waals surface area contributed by atoms with E-state index in [1.54, 1.807) is 25.1 Å². The van der Waals surface area contributed by atoms with Crippen molar-refractivity contribution in [2.24, 2.45) is 0 Å². The Labute approximate surface area is 233 Å². The highest BCUT2D eigenvalue weighted by atomic mass is 19.1. The van der Waals surface area contributed by atoms with E-state index in [1.165, 1.54) is 30.7 Å². The molecule has 1 fully saturated rings. The molecule has 0 spiro atoms. The standard InChI is InChI=1S/C31H33FN6O2/c1-30(12-4-3-7-27(30)32)40-28-11-9-24(19-34-28)35-29(39)31(2)25-16-22(8-10-26(25)36-37-31)23-15-21(17-33-18-23)20-38-13-5-6-14-38/h3-4,7-11,15-19,36-37H,5-6,12-14,20H2,1-2H3,(H,35,39). The molecule has 1 saturated heterocycles. The van der Waals surface area contributed by atoms with E-state index in [9.17, 15) is 9.18 Å². The van der Waals surface area contributed by atoms with Crippen LogP contribution in [0.1, 0.15) is 44.2 Å². The first kappa shape index (κ1) is 26.2. The molecule has 2 atom stereocenters. The number of pyridine rings is 2. The lowest BCUT2D eigenvalue weighted by Crippen LogP contribution is -2.47. The number of anilines is 2. The summed E-state index contributed by atoms with van der Waals surface area (Å²) >= 11 is 0. The van der Waals surface area contributed by atoms with Gasteiger partial charge in [-0.3, -0.25) is 14.7 Å². The first-order valence-electron chi connectivity index (χ1n) is 13.7. The summed E-state index contributed by atoms with van der Waals surface area (Å²) in [7, 11) is 0. The highest BCUT2D eigenvalue weighted by Gasteiger charge is 2.41. The third-order valence-corrected chi connectivity index (χ3v) is 7.91. The minimum Gasteiger partial charge on any atom is -0.464 e. The van der Waals surface area contributed by atoms with Gasteiger partial charge in [0.1, 0.15) is 11.4 Å². The number of benzene rings is 1. The van der Waals surface area contributed by atoms with E-state index < -0.39 is 11.1 Å². The molecule has 1 amide bonds. The van der Waals surface area contributed by atoms with Crippen molar-refractivity contribution in [1.29, 1.82) is 0 Å². The Morgan fingerprint density at radius 1 is 1.10 bits per heavy atom. The highest BCUT2D eigenvalue weighted by Crippen LogP contribution is 2.38. The largest absolute Gasteiger partial charge is 0.464 e. The quantitative estimate of drug-likeness (QED) is 0.366. The fourth-order valence-corrected chi connectivity index (χ4v) is 5.43. The van der Waals surface area contributed by atoms with Gasteiger partial charge in [0, 0.05) is 42.6 Å². The summed E-state index contributed by atoms with van der Waals surface area (Å²) in [6, 6.07) is 11.6. The van der Waals surface area contributed by atoms with Crippen molar-refractivity contribution in [1.82, 2.24) is 20.3 Å². The molecule has 2 unspecified atom stereocenters. The Hall–Kier alpha value is -4.08. The van der Waals surface area contributed by atoms with Crippen LogP contribution < -0.4 is 20.9 Å². The zero-order valence-corrected chi connectivity index (χ0v) is 22.7. The molecule has 9 heteroatoms. The average Bonchev–Trinajstić information content (AvgIpc) is 3.60. The number of fused-ring (bicyclic) bond motifs is 1. The maximum absolute atomic E-state index is 14.3. The fourth-order valence-electron chi connectivity index (χ4n) is 5.43. The smallest absolute Gasteiger partial charge is 0.250 e. The number of nitrogens with zero attached hydrogens (tertiary/aromatic N) is 3. The van der Waals surface area contributed by atoms with Crippen molar-refractivity contribution in [2.75, 3.05) is 23.8 Å². The summed E-state index contributed by atoms with van der Waals surface area (Å²) in [4.78, 5) is 24.8. The van der Waals surface area contributed by atoms with Gasteiger partial charge >= 0.3 is 0 Å². The van der Waals surface area contributed by atoms with Crippen molar-refractivity contribution >= 4 is 17.3 Å². The monoisotopic (exact) mass is 540 g/mol. The Morgan fingerprint density at radius 2 is 1.95 bits per heavy atom. The topological polar surface area (TPSA) is 91.4 Å². The molecular formula is C31H33FN6O2. The number of halogens is 1. The maximum Gasteiger partial charge on any atom is 0.250 e. The molecule has 6 rings (SSSR count). The van der Waals surface area contributed by atoms with Gasteiger partial charge in [0.25, 0.3) is 5.91 Å². The van der Waals surface area contributed by atoms with Crippen LogP contribution in [0.25, 0.3) is 11.1 Å². The SMILES string of the molecule is CC1(Oc2ccc(NC(=O)C3(C)NNc4ccc(-c5cncc(CN6CCCC6)c5)cc43)cn2)CC=CC=C1F. The summed E-state index contributed by atoms with van der Waals surface area (Å²) in [5, 5.41) is 2.95. The number of aromatic nitrogens is 2. The molecule has 3 aliphatic rings. The Bertz CT molecular complexity index is 1480. The van der Waals surface area contributed by atoms with Crippen LogP contribution in [0.2, 0.25) is 0 Å². The van der Waals surface area contributed by atoms with Crippen LogP contribution in [0.5, 0.6) is 5.88 Å². The minimum atomic E-state index is -1.09. The van der Waals surface area contributed by atoms with E-state index in [-0.39, 0.29) is 17.6 Å². The van der Waals surface area contributed by atoms with E-state index >= 15 is 0 Å². The maximum atomic E-state index is 14.3. The molecule has 0 radical (unpaired) electrons. The average molecular weight is 541 g/mol. The molecule has 3 N–H and O–H groups in total. The number of allylic oxidation sites excluding steroid dienone is 2. The molecule has 40 heavy (non-hydrogen) atoms. The molecule has 0 saturated carbocycles. The predicted octanol–water partition coefficient (Wildman–Crippen LogP) is 5.47. The van der Waals surface area contributed by atoms with Gasteiger partial charge in [0.15, 0.2) is 5.60 Å². The first-order chi connectivity index (χ1) is 19.3. The van der Waals surface area contributed by atoms with Crippen molar-refractivity contribution in [2.45, 2.75) is 50.8 Å². The van der Waals surface area contributed by atoms with Crippen LogP contribution in [-0.2, 0) is 16.9 Å². The molecule has 0 bridgehead atoms. The zero-order chi connectivity index (χ0) is 27.7. The Balaban J connectivity index is 1.17. The van der Waals surface area contributed by atoms with E-state index in [2.05, 4.69) is 37.1 Å². The van der Waals surface area contributed by atoms with Gasteiger partial charge in [0.05, 0.1) is 17.6 Å². The van der Waals surface area contributed by atoms with E-state index in [1.807, 2.05) is 43.6 Å². The Morgan fingerprint density at radius 3 is 2.73 bits per heavy atom. The number of hydrogen-bond acceptors (Lipinski definition) is 7. The van der Waals surface area contributed by atoms with Gasteiger partial charge in [-0.15, -0.1) is 0 Å². The van der Waals surface area contributed by atoms with Gasteiger partial charge in [-0.25, -0.2) is 14.8 Å². The molecule has 4 heterocycles. The van der Waals surface area contributed by atoms with Crippen LogP contribution in [-0.4, -0.2) is 39.5 Å². The molecule has 1 aromatic carbocycles. The molecule has 2 aliphatic heterocycles. The van der Waals surface area contributed by atoms with Gasteiger partial charge in [-0.1, -0.05) is 18.2 Å². The van der Waals surface area contributed by atoms with Crippen molar-refractivity contribution in [3.8, 4) is 17.0 Å². The van der Waals surface area contributed by atoms with Crippen LogP contribution in [0.4, 0.5) is 15.8 Å². The summed E-state index contributed by atoms with van der Waals surface area (Å²) in [6.45, 7) is 6.68. The van der Waals surface area contributed by atoms with Crippen molar-refractivity contribution in [3.05, 3.63) is 90.2 Å². The predicted molar refractivity (Wildman–Crippen MR) is 153 cm³/mol. The third kappa shape index (κ3) is 5.10. The molecule has 3 aromatic rings. The minimum absolute atomic E-state index is 0.245. The van der Waals surface area contributed by atoms with E-state index in [0.29, 0.717) is 12.1 Å². The van der Waals surface area contributed by atoms with Crippen molar-refractivity contribution < 1.29 is 13.9 Å². The highest BCUT2D eigenvalue weighted by molar-refractivity contribution is 6.01. The Kier molecular flexibility index (Phi) is 6.85. The second kappa shape index (κ2) is 10.5. The lowest BCUT2D eigenvalue weighted by molar-refractivity contribution is -0.121. The molecule has 8 nitrogen and oxygen atoms in total. The van der Waals surface area contributed by atoms with E-state index in [4.69, 9.17) is 4.74 Å². The number of hydrazine groups is 1. The number of carbonyl (C=O) groups is 1. The molecule has 206 valence electrons. The fraction of sp³-hybridized carbons (Fsp3) is 0.323. The van der Waals surface area contributed by atoms with Crippen LogP contribution >= 0.6 is 0 Å². The second-order valence-electron chi connectivity index (χ2n) is 11.0. The lowest BCUT2D eigenvalue weighted by atomic mass is 9.89. The number of amides is 1. The second-order valence-corrected chi connectivity index (χ2v) is 11.0. The number of rotatable bonds is 7. The van der Waals surface area contributed by atoms with Gasteiger partial charge in [-0.2, -0.15) is 0 Å².